The molecule has 2 aromatic carbocycles. The maximum absolute atomic E-state index is 12.2. The predicted octanol–water partition coefficient (Wildman–Crippen LogP) is 2.05. The molecule has 0 aliphatic heterocycles. The molecule has 2 aromatic rings. The van der Waals surface area contributed by atoms with Crippen LogP contribution in [0, 0.1) is 13.8 Å². The van der Waals surface area contributed by atoms with E-state index in [-0.39, 0.29) is 24.9 Å². The van der Waals surface area contributed by atoms with E-state index in [1.807, 2.05) is 39.1 Å². The van der Waals surface area contributed by atoms with Crippen molar-refractivity contribution in [3.63, 3.8) is 0 Å². The standard InChI is InChI=1S/C19H22ClN3O2/c1-13-5-4-6-17(14(13)2)22-19(25)12-23(3)11-18(24)21-16-9-7-15(20)8-10-16/h4-10H,11-12H2,1-3H3,(H,21,24)(H,22,25)/p+1. The van der Waals surface area contributed by atoms with Crippen molar-refractivity contribution in [2.75, 3.05) is 30.8 Å². The van der Waals surface area contributed by atoms with E-state index in [0.29, 0.717) is 10.7 Å². The van der Waals surface area contributed by atoms with E-state index in [9.17, 15) is 9.59 Å². The number of rotatable bonds is 6. The Morgan fingerprint density at radius 1 is 0.960 bits per heavy atom. The van der Waals surface area contributed by atoms with Crippen LogP contribution in [0.15, 0.2) is 42.5 Å². The number of amides is 2. The minimum atomic E-state index is -0.153. The number of hydrogen-bond donors (Lipinski definition) is 3. The number of hydrogen-bond acceptors (Lipinski definition) is 2. The Morgan fingerprint density at radius 3 is 2.20 bits per heavy atom. The molecule has 1 unspecified atom stereocenters. The van der Waals surface area contributed by atoms with E-state index in [4.69, 9.17) is 11.6 Å². The van der Waals surface area contributed by atoms with Crippen molar-refractivity contribution >= 4 is 34.8 Å². The van der Waals surface area contributed by atoms with Crippen molar-refractivity contribution in [3.05, 3.63) is 58.6 Å². The van der Waals surface area contributed by atoms with Gasteiger partial charge in [0.25, 0.3) is 11.8 Å². The normalized spacial score (nSPS) is 11.7. The molecule has 6 heteroatoms. The van der Waals surface area contributed by atoms with E-state index >= 15 is 0 Å². The number of carbonyl (C=O) groups excluding carboxylic acids is 2. The van der Waals surface area contributed by atoms with Crippen molar-refractivity contribution in [3.8, 4) is 0 Å². The number of halogens is 1. The first-order valence-corrected chi connectivity index (χ1v) is 8.45. The molecule has 0 spiro atoms. The summed E-state index contributed by atoms with van der Waals surface area (Å²) in [7, 11) is 1.81. The molecular weight excluding hydrogens is 338 g/mol. The van der Waals surface area contributed by atoms with Gasteiger partial charge in [-0.25, -0.2) is 0 Å². The Kier molecular flexibility index (Phi) is 6.56. The molecule has 0 bridgehead atoms. The van der Waals surface area contributed by atoms with Crippen LogP contribution in [0.4, 0.5) is 11.4 Å². The maximum atomic E-state index is 12.2. The van der Waals surface area contributed by atoms with Gasteiger partial charge in [-0.05, 0) is 55.3 Å². The highest BCUT2D eigenvalue weighted by molar-refractivity contribution is 6.30. The molecule has 3 N–H and O–H groups in total. The number of quaternary nitrogens is 1. The summed E-state index contributed by atoms with van der Waals surface area (Å²) in [6.45, 7) is 4.38. The number of likely N-dealkylation sites (N-methyl/N-ethyl adjacent to an activating group) is 1. The van der Waals surface area contributed by atoms with Crippen LogP contribution in [0.2, 0.25) is 5.02 Å². The highest BCUT2D eigenvalue weighted by Gasteiger charge is 2.15. The van der Waals surface area contributed by atoms with E-state index in [1.165, 1.54) is 0 Å². The number of anilines is 2. The molecule has 0 aliphatic rings. The molecule has 0 aromatic heterocycles. The van der Waals surface area contributed by atoms with Gasteiger partial charge in [-0.3, -0.25) is 9.59 Å². The van der Waals surface area contributed by atoms with Gasteiger partial charge in [0.2, 0.25) is 0 Å². The number of aryl methyl sites for hydroxylation is 1. The summed E-state index contributed by atoms with van der Waals surface area (Å²) in [4.78, 5) is 25.0. The minimum Gasteiger partial charge on any atom is -0.322 e. The summed E-state index contributed by atoms with van der Waals surface area (Å²) in [5, 5.41) is 6.31. The van der Waals surface area contributed by atoms with Crippen LogP contribution in [-0.2, 0) is 9.59 Å². The quantitative estimate of drug-likeness (QED) is 0.738. The summed E-state index contributed by atoms with van der Waals surface area (Å²) in [6, 6.07) is 12.7. The first-order valence-electron chi connectivity index (χ1n) is 8.08. The molecule has 0 radical (unpaired) electrons. The molecular formula is C19H23ClN3O2+. The Labute approximate surface area is 153 Å². The van der Waals surface area contributed by atoms with Gasteiger partial charge in [-0.15, -0.1) is 0 Å². The molecule has 0 heterocycles. The third kappa shape index (κ3) is 5.89. The van der Waals surface area contributed by atoms with Crippen molar-refractivity contribution in [1.82, 2.24) is 0 Å². The second-order valence-electron chi connectivity index (χ2n) is 6.16. The zero-order valence-electron chi connectivity index (χ0n) is 14.7. The second kappa shape index (κ2) is 8.65. The van der Waals surface area contributed by atoms with Crippen LogP contribution in [0.1, 0.15) is 11.1 Å². The zero-order chi connectivity index (χ0) is 18.4. The topological polar surface area (TPSA) is 62.6 Å². The van der Waals surface area contributed by atoms with E-state index in [2.05, 4.69) is 10.6 Å². The monoisotopic (exact) mass is 360 g/mol. The summed E-state index contributed by atoms with van der Waals surface area (Å²) in [5.41, 5.74) is 3.67. The lowest BCUT2D eigenvalue weighted by molar-refractivity contribution is -0.862. The average molecular weight is 361 g/mol. The van der Waals surface area contributed by atoms with Crippen molar-refractivity contribution in [1.29, 1.82) is 0 Å². The van der Waals surface area contributed by atoms with Gasteiger partial charge in [-0.2, -0.15) is 0 Å². The fraction of sp³-hybridized carbons (Fsp3) is 0.263. The van der Waals surface area contributed by atoms with Gasteiger partial charge in [0, 0.05) is 16.4 Å². The lowest BCUT2D eigenvalue weighted by atomic mass is 10.1. The lowest BCUT2D eigenvalue weighted by Gasteiger charge is -2.15. The van der Waals surface area contributed by atoms with Crippen molar-refractivity contribution in [2.45, 2.75) is 13.8 Å². The molecule has 0 aliphatic carbocycles. The third-order valence-corrected chi connectivity index (χ3v) is 4.18. The summed E-state index contributed by atoms with van der Waals surface area (Å²) < 4.78 is 0. The molecule has 25 heavy (non-hydrogen) atoms. The highest BCUT2D eigenvalue weighted by atomic mass is 35.5. The Hall–Kier alpha value is -2.37. The van der Waals surface area contributed by atoms with Gasteiger partial charge in [0.05, 0.1) is 7.05 Å². The summed E-state index contributed by atoms with van der Waals surface area (Å²) in [6.07, 6.45) is 0. The average Bonchev–Trinajstić information content (AvgIpc) is 2.53. The molecule has 2 rings (SSSR count). The zero-order valence-corrected chi connectivity index (χ0v) is 15.4. The van der Waals surface area contributed by atoms with Crippen LogP contribution in [0.5, 0.6) is 0 Å². The van der Waals surface area contributed by atoms with Gasteiger partial charge in [0.1, 0.15) is 0 Å². The lowest BCUT2D eigenvalue weighted by Crippen LogP contribution is -3.11. The van der Waals surface area contributed by atoms with Crippen LogP contribution in [0.3, 0.4) is 0 Å². The molecule has 1 atom stereocenters. The second-order valence-corrected chi connectivity index (χ2v) is 6.60. The van der Waals surface area contributed by atoms with Crippen LogP contribution >= 0.6 is 11.6 Å². The van der Waals surface area contributed by atoms with E-state index in [0.717, 1.165) is 21.7 Å². The first kappa shape index (κ1) is 19.0. The minimum absolute atomic E-state index is 0.120. The Balaban J connectivity index is 1.83. The Morgan fingerprint density at radius 2 is 1.56 bits per heavy atom. The first-order chi connectivity index (χ1) is 11.8. The highest BCUT2D eigenvalue weighted by Crippen LogP contribution is 2.17. The van der Waals surface area contributed by atoms with Gasteiger partial charge in [-0.1, -0.05) is 23.7 Å². The molecule has 2 amide bonds. The van der Waals surface area contributed by atoms with E-state index in [1.54, 1.807) is 24.3 Å². The van der Waals surface area contributed by atoms with Crippen molar-refractivity contribution in [2.24, 2.45) is 0 Å². The van der Waals surface area contributed by atoms with Gasteiger partial charge < -0.3 is 15.5 Å². The van der Waals surface area contributed by atoms with Crippen LogP contribution < -0.4 is 15.5 Å². The number of benzene rings is 2. The molecule has 0 saturated heterocycles. The largest absolute Gasteiger partial charge is 0.322 e. The van der Waals surface area contributed by atoms with Crippen LogP contribution in [0.25, 0.3) is 0 Å². The number of nitrogens with one attached hydrogen (secondary N) is 3. The van der Waals surface area contributed by atoms with Crippen LogP contribution in [-0.4, -0.2) is 32.0 Å². The summed E-state index contributed by atoms with van der Waals surface area (Å²) in [5.74, 6) is -0.273. The fourth-order valence-electron chi connectivity index (χ4n) is 2.43. The molecule has 0 saturated carbocycles. The van der Waals surface area contributed by atoms with Gasteiger partial charge in [0.15, 0.2) is 13.1 Å². The van der Waals surface area contributed by atoms with Crippen molar-refractivity contribution < 1.29 is 14.5 Å². The Bertz CT molecular complexity index is 760. The third-order valence-electron chi connectivity index (χ3n) is 3.93. The molecule has 132 valence electrons. The molecule has 0 fully saturated rings. The van der Waals surface area contributed by atoms with Gasteiger partial charge >= 0.3 is 0 Å². The number of carbonyl (C=O) groups is 2. The predicted molar refractivity (Wildman–Crippen MR) is 101 cm³/mol. The van der Waals surface area contributed by atoms with E-state index < -0.39 is 0 Å². The fourth-order valence-corrected chi connectivity index (χ4v) is 2.56. The molecule has 5 nitrogen and oxygen atoms in total. The SMILES string of the molecule is Cc1cccc(NC(=O)C[NH+](C)CC(=O)Nc2ccc(Cl)cc2)c1C. The maximum Gasteiger partial charge on any atom is 0.279 e. The summed E-state index contributed by atoms with van der Waals surface area (Å²) >= 11 is 5.82. The smallest absolute Gasteiger partial charge is 0.279 e.